The van der Waals surface area contributed by atoms with Gasteiger partial charge in [0, 0.05) is 15.1 Å². The summed E-state index contributed by atoms with van der Waals surface area (Å²) in [6.07, 6.45) is 0. The monoisotopic (exact) mass is 316 g/mol. The molecule has 3 rings (SSSR count). The van der Waals surface area contributed by atoms with Crippen LogP contribution in [0.2, 0.25) is 5.02 Å². The zero-order valence-electron chi connectivity index (χ0n) is 9.53. The summed E-state index contributed by atoms with van der Waals surface area (Å²) in [6, 6.07) is 20.5. The van der Waals surface area contributed by atoms with Gasteiger partial charge in [-0.2, -0.15) is 0 Å². The SMILES string of the molecule is Clc1cccc(-c2c(Br)ccc3ccccc23)c1. The van der Waals surface area contributed by atoms with Crippen molar-refractivity contribution >= 4 is 38.3 Å². The fourth-order valence-corrected chi connectivity index (χ4v) is 2.95. The molecule has 0 nitrogen and oxygen atoms in total. The summed E-state index contributed by atoms with van der Waals surface area (Å²) in [6.45, 7) is 0. The summed E-state index contributed by atoms with van der Waals surface area (Å²) in [5.74, 6) is 0. The highest BCUT2D eigenvalue weighted by molar-refractivity contribution is 9.10. The Morgan fingerprint density at radius 3 is 2.50 bits per heavy atom. The number of hydrogen-bond donors (Lipinski definition) is 0. The Hall–Kier alpha value is -1.31. The van der Waals surface area contributed by atoms with Crippen molar-refractivity contribution in [3.8, 4) is 11.1 Å². The fraction of sp³-hybridized carbons (Fsp3) is 0. The Kier molecular flexibility index (Phi) is 3.11. The van der Waals surface area contributed by atoms with Gasteiger partial charge in [-0.05, 0) is 34.5 Å². The molecule has 0 saturated carbocycles. The second kappa shape index (κ2) is 4.75. The van der Waals surface area contributed by atoms with E-state index in [0.717, 1.165) is 15.1 Å². The van der Waals surface area contributed by atoms with Gasteiger partial charge in [-0.25, -0.2) is 0 Å². The van der Waals surface area contributed by atoms with E-state index in [2.05, 4.69) is 58.4 Å². The lowest BCUT2D eigenvalue weighted by atomic mass is 9.98. The molecule has 0 amide bonds. The quantitative estimate of drug-likeness (QED) is 0.522. The van der Waals surface area contributed by atoms with Gasteiger partial charge in [0.15, 0.2) is 0 Å². The second-order valence-electron chi connectivity index (χ2n) is 4.15. The number of fused-ring (bicyclic) bond motifs is 1. The molecule has 0 aliphatic carbocycles. The second-order valence-corrected chi connectivity index (χ2v) is 5.44. The van der Waals surface area contributed by atoms with Gasteiger partial charge in [-0.1, -0.05) is 70.0 Å². The average molecular weight is 318 g/mol. The molecule has 0 saturated heterocycles. The first-order valence-corrected chi connectivity index (χ1v) is 6.86. The third-order valence-electron chi connectivity index (χ3n) is 2.99. The maximum Gasteiger partial charge on any atom is 0.0412 e. The van der Waals surface area contributed by atoms with Crippen molar-refractivity contribution in [2.45, 2.75) is 0 Å². The highest BCUT2D eigenvalue weighted by atomic mass is 79.9. The molecule has 0 aliphatic rings. The van der Waals surface area contributed by atoms with Crippen molar-refractivity contribution < 1.29 is 0 Å². The molecule has 0 aromatic heterocycles. The van der Waals surface area contributed by atoms with Gasteiger partial charge in [-0.3, -0.25) is 0 Å². The summed E-state index contributed by atoms with van der Waals surface area (Å²) < 4.78 is 1.09. The minimum Gasteiger partial charge on any atom is -0.0843 e. The van der Waals surface area contributed by atoms with E-state index in [0.29, 0.717) is 0 Å². The van der Waals surface area contributed by atoms with Crippen LogP contribution in [0.1, 0.15) is 0 Å². The molecule has 0 bridgehead atoms. The standard InChI is InChI=1S/C16H10BrCl/c17-15-9-8-11-4-1-2-7-14(11)16(15)12-5-3-6-13(18)10-12/h1-10H. The number of halogens is 2. The Morgan fingerprint density at radius 2 is 1.67 bits per heavy atom. The largest absolute Gasteiger partial charge is 0.0843 e. The van der Waals surface area contributed by atoms with Crippen LogP contribution in [0.3, 0.4) is 0 Å². The zero-order valence-corrected chi connectivity index (χ0v) is 11.9. The topological polar surface area (TPSA) is 0 Å². The molecule has 0 unspecified atom stereocenters. The first kappa shape index (κ1) is 11.8. The van der Waals surface area contributed by atoms with E-state index in [1.807, 2.05) is 18.2 Å². The summed E-state index contributed by atoms with van der Waals surface area (Å²) in [4.78, 5) is 0. The van der Waals surface area contributed by atoms with Crippen LogP contribution < -0.4 is 0 Å². The molecular weight excluding hydrogens is 308 g/mol. The molecule has 0 atom stereocenters. The normalized spacial score (nSPS) is 10.8. The smallest absolute Gasteiger partial charge is 0.0412 e. The summed E-state index contributed by atoms with van der Waals surface area (Å²) in [5, 5.41) is 3.22. The zero-order chi connectivity index (χ0) is 12.5. The van der Waals surface area contributed by atoms with E-state index in [-0.39, 0.29) is 0 Å². The van der Waals surface area contributed by atoms with E-state index in [9.17, 15) is 0 Å². The maximum atomic E-state index is 6.08. The Bertz CT molecular complexity index is 719. The van der Waals surface area contributed by atoms with E-state index in [1.54, 1.807) is 0 Å². The number of hydrogen-bond acceptors (Lipinski definition) is 0. The Balaban J connectivity index is 2.37. The minimum atomic E-state index is 0.757. The van der Waals surface area contributed by atoms with Crippen LogP contribution >= 0.6 is 27.5 Å². The van der Waals surface area contributed by atoms with Crippen molar-refractivity contribution in [2.24, 2.45) is 0 Å². The van der Waals surface area contributed by atoms with E-state index in [4.69, 9.17) is 11.6 Å². The summed E-state index contributed by atoms with van der Waals surface area (Å²) in [7, 11) is 0. The van der Waals surface area contributed by atoms with Crippen LogP contribution in [0.15, 0.2) is 65.1 Å². The molecule has 0 aliphatic heterocycles. The summed E-state index contributed by atoms with van der Waals surface area (Å²) >= 11 is 9.72. The van der Waals surface area contributed by atoms with Crippen LogP contribution in [0, 0.1) is 0 Å². The molecule has 18 heavy (non-hydrogen) atoms. The predicted molar refractivity (Wildman–Crippen MR) is 82.1 cm³/mol. The molecule has 88 valence electrons. The number of rotatable bonds is 1. The van der Waals surface area contributed by atoms with Crippen molar-refractivity contribution in [2.75, 3.05) is 0 Å². The van der Waals surface area contributed by atoms with E-state index >= 15 is 0 Å². The molecule has 3 aromatic carbocycles. The molecule has 0 spiro atoms. The third-order valence-corrected chi connectivity index (χ3v) is 3.89. The Morgan fingerprint density at radius 1 is 0.833 bits per heavy atom. The van der Waals surface area contributed by atoms with Crippen molar-refractivity contribution in [3.05, 3.63) is 70.2 Å². The third kappa shape index (κ3) is 2.05. The Labute approximate surface area is 119 Å². The van der Waals surface area contributed by atoms with Gasteiger partial charge in [0.1, 0.15) is 0 Å². The van der Waals surface area contributed by atoms with Crippen molar-refractivity contribution in [1.29, 1.82) is 0 Å². The van der Waals surface area contributed by atoms with Crippen molar-refractivity contribution in [3.63, 3.8) is 0 Å². The molecule has 0 fully saturated rings. The molecular formula is C16H10BrCl. The van der Waals surface area contributed by atoms with Crippen LogP contribution in [0.5, 0.6) is 0 Å². The lowest BCUT2D eigenvalue weighted by Crippen LogP contribution is -1.83. The highest BCUT2D eigenvalue weighted by Gasteiger charge is 2.08. The van der Waals surface area contributed by atoms with Gasteiger partial charge in [0.2, 0.25) is 0 Å². The fourth-order valence-electron chi connectivity index (χ4n) is 2.18. The van der Waals surface area contributed by atoms with Gasteiger partial charge in [-0.15, -0.1) is 0 Å². The molecule has 3 aromatic rings. The van der Waals surface area contributed by atoms with Crippen LogP contribution in [0.25, 0.3) is 21.9 Å². The lowest BCUT2D eigenvalue weighted by molar-refractivity contribution is 1.62. The van der Waals surface area contributed by atoms with Gasteiger partial charge < -0.3 is 0 Å². The van der Waals surface area contributed by atoms with Crippen molar-refractivity contribution in [1.82, 2.24) is 0 Å². The minimum absolute atomic E-state index is 0.757. The van der Waals surface area contributed by atoms with Crippen LogP contribution in [0.4, 0.5) is 0 Å². The average Bonchev–Trinajstić information content (AvgIpc) is 2.38. The van der Waals surface area contributed by atoms with Crippen LogP contribution in [-0.2, 0) is 0 Å². The van der Waals surface area contributed by atoms with E-state index in [1.165, 1.54) is 16.3 Å². The lowest BCUT2D eigenvalue weighted by Gasteiger charge is -2.10. The molecule has 0 N–H and O–H groups in total. The first-order valence-electron chi connectivity index (χ1n) is 5.69. The van der Waals surface area contributed by atoms with Gasteiger partial charge in [0.05, 0.1) is 0 Å². The number of benzene rings is 3. The molecule has 0 heterocycles. The van der Waals surface area contributed by atoms with Gasteiger partial charge in [0.25, 0.3) is 0 Å². The maximum absolute atomic E-state index is 6.08. The summed E-state index contributed by atoms with van der Waals surface area (Å²) in [5.41, 5.74) is 2.32. The highest BCUT2D eigenvalue weighted by Crippen LogP contribution is 2.36. The first-order chi connectivity index (χ1) is 8.75. The molecule has 2 heteroatoms. The van der Waals surface area contributed by atoms with Gasteiger partial charge >= 0.3 is 0 Å². The predicted octanol–water partition coefficient (Wildman–Crippen LogP) is 5.92. The molecule has 0 radical (unpaired) electrons. The van der Waals surface area contributed by atoms with E-state index < -0.39 is 0 Å². The van der Waals surface area contributed by atoms with Crippen LogP contribution in [-0.4, -0.2) is 0 Å².